The highest BCUT2D eigenvalue weighted by atomic mass is 15.3. The Balaban J connectivity index is 2.24. The van der Waals surface area contributed by atoms with E-state index in [0.717, 1.165) is 12.0 Å². The van der Waals surface area contributed by atoms with E-state index in [0.29, 0.717) is 11.0 Å². The van der Waals surface area contributed by atoms with Crippen molar-refractivity contribution in [3.8, 4) is 0 Å². The van der Waals surface area contributed by atoms with E-state index in [4.69, 9.17) is 0 Å². The molecule has 1 heterocycles. The van der Waals surface area contributed by atoms with Gasteiger partial charge in [0, 0.05) is 11.6 Å². The molecule has 1 aliphatic carbocycles. The Morgan fingerprint density at radius 2 is 1.92 bits per heavy atom. The van der Waals surface area contributed by atoms with Crippen LogP contribution in [0.3, 0.4) is 0 Å². The number of piperidine rings is 1. The molecule has 2 fully saturated rings. The minimum absolute atomic E-state index is 0.471. The van der Waals surface area contributed by atoms with Crippen LogP contribution in [0.2, 0.25) is 0 Å². The predicted molar refractivity (Wildman–Crippen MR) is 56.8 cm³/mol. The number of fused-ring (bicyclic) bond motifs is 1. The van der Waals surface area contributed by atoms with Gasteiger partial charge in [0.2, 0.25) is 0 Å². The van der Waals surface area contributed by atoms with Crippen LogP contribution in [-0.2, 0) is 0 Å². The molecular weight excluding hydrogens is 158 g/mol. The maximum absolute atomic E-state index is 2.75. The van der Waals surface area contributed by atoms with Gasteiger partial charge in [-0.05, 0) is 44.6 Å². The fourth-order valence-electron chi connectivity index (χ4n) is 3.57. The Morgan fingerprint density at radius 1 is 1.31 bits per heavy atom. The Kier molecular flexibility index (Phi) is 1.83. The van der Waals surface area contributed by atoms with Gasteiger partial charge in [0.25, 0.3) is 0 Å². The van der Waals surface area contributed by atoms with Crippen molar-refractivity contribution in [2.24, 2.45) is 11.3 Å². The first kappa shape index (κ1) is 9.51. The maximum Gasteiger partial charge on any atom is 0.0293 e. The van der Waals surface area contributed by atoms with Crippen molar-refractivity contribution in [3.05, 3.63) is 0 Å². The monoisotopic (exact) mass is 181 g/mol. The van der Waals surface area contributed by atoms with Gasteiger partial charge >= 0.3 is 0 Å². The van der Waals surface area contributed by atoms with Gasteiger partial charge in [0.1, 0.15) is 0 Å². The van der Waals surface area contributed by atoms with Crippen molar-refractivity contribution >= 4 is 0 Å². The summed E-state index contributed by atoms with van der Waals surface area (Å²) >= 11 is 0. The lowest BCUT2D eigenvalue weighted by Gasteiger charge is -2.41. The van der Waals surface area contributed by atoms with E-state index < -0.39 is 0 Å². The molecule has 2 atom stereocenters. The van der Waals surface area contributed by atoms with Crippen LogP contribution in [0.4, 0.5) is 0 Å². The summed E-state index contributed by atoms with van der Waals surface area (Å²) in [5, 5.41) is 0. The summed E-state index contributed by atoms with van der Waals surface area (Å²) in [6.07, 6.45) is 2.89. The zero-order valence-corrected chi connectivity index (χ0v) is 9.72. The highest BCUT2D eigenvalue weighted by Crippen LogP contribution is 2.64. The molecule has 1 heteroatoms. The van der Waals surface area contributed by atoms with Crippen molar-refractivity contribution in [2.45, 2.75) is 59.0 Å². The molecule has 1 saturated heterocycles. The van der Waals surface area contributed by atoms with Gasteiger partial charge < -0.3 is 0 Å². The summed E-state index contributed by atoms with van der Waals surface area (Å²) in [6.45, 7) is 13.2. The van der Waals surface area contributed by atoms with Crippen molar-refractivity contribution in [1.82, 2.24) is 4.90 Å². The molecular formula is C12H23N. The van der Waals surface area contributed by atoms with E-state index in [1.807, 2.05) is 0 Å². The van der Waals surface area contributed by atoms with Gasteiger partial charge in [-0.2, -0.15) is 0 Å². The molecule has 0 amide bonds. The van der Waals surface area contributed by atoms with Gasteiger partial charge in [0.05, 0.1) is 0 Å². The molecule has 2 rings (SSSR count). The summed E-state index contributed by atoms with van der Waals surface area (Å²) in [7, 11) is 0. The summed E-state index contributed by atoms with van der Waals surface area (Å²) < 4.78 is 0. The molecule has 2 unspecified atom stereocenters. The predicted octanol–water partition coefficient (Wildman–Crippen LogP) is 2.91. The molecule has 0 bridgehead atoms. The number of nitrogens with zero attached hydrogens (tertiary/aromatic N) is 1. The third-order valence-electron chi connectivity index (χ3n) is 4.23. The van der Waals surface area contributed by atoms with Crippen LogP contribution < -0.4 is 0 Å². The van der Waals surface area contributed by atoms with Crippen LogP contribution in [0.1, 0.15) is 47.5 Å². The smallest absolute Gasteiger partial charge is 0.0293 e. The molecule has 0 N–H and O–H groups in total. The second kappa shape index (κ2) is 2.50. The maximum atomic E-state index is 2.75. The number of hydrogen-bond acceptors (Lipinski definition) is 1. The molecule has 1 nitrogen and oxygen atoms in total. The van der Waals surface area contributed by atoms with E-state index in [9.17, 15) is 0 Å². The molecule has 0 radical (unpaired) electrons. The first-order valence-corrected chi connectivity index (χ1v) is 5.66. The fourth-order valence-corrected chi connectivity index (χ4v) is 3.57. The van der Waals surface area contributed by atoms with E-state index in [-0.39, 0.29) is 0 Å². The van der Waals surface area contributed by atoms with Crippen molar-refractivity contribution < 1.29 is 0 Å². The summed E-state index contributed by atoms with van der Waals surface area (Å²) in [5.74, 6) is 1.01. The lowest BCUT2D eigenvalue weighted by Crippen LogP contribution is -2.48. The molecule has 0 spiro atoms. The number of likely N-dealkylation sites (tertiary alicyclic amines) is 1. The second-order valence-corrected chi connectivity index (χ2v) is 6.15. The quantitative estimate of drug-likeness (QED) is 0.601. The zero-order valence-electron chi connectivity index (χ0n) is 9.72. The summed E-state index contributed by atoms with van der Waals surface area (Å²) in [4.78, 5) is 2.75. The SMILES string of the molecule is CC(C)N1CCC2CC21C(C)(C)C. The topological polar surface area (TPSA) is 3.24 Å². The second-order valence-electron chi connectivity index (χ2n) is 6.15. The van der Waals surface area contributed by atoms with Crippen LogP contribution in [0.15, 0.2) is 0 Å². The van der Waals surface area contributed by atoms with Crippen molar-refractivity contribution in [2.75, 3.05) is 6.54 Å². The highest BCUT2D eigenvalue weighted by Gasteiger charge is 2.67. The largest absolute Gasteiger partial charge is 0.294 e. The van der Waals surface area contributed by atoms with Crippen LogP contribution in [0.25, 0.3) is 0 Å². The molecule has 1 aliphatic heterocycles. The number of rotatable bonds is 1. The lowest BCUT2D eigenvalue weighted by molar-refractivity contribution is 0.0715. The third kappa shape index (κ3) is 1.09. The average molecular weight is 181 g/mol. The van der Waals surface area contributed by atoms with E-state index in [2.05, 4.69) is 39.5 Å². The van der Waals surface area contributed by atoms with Gasteiger partial charge in [-0.3, -0.25) is 4.90 Å². The zero-order chi connectivity index (χ0) is 9.85. The van der Waals surface area contributed by atoms with E-state index in [1.54, 1.807) is 0 Å². The van der Waals surface area contributed by atoms with E-state index in [1.165, 1.54) is 19.4 Å². The molecule has 0 aromatic heterocycles. The summed E-state index contributed by atoms with van der Waals surface area (Å²) in [5.41, 5.74) is 1.04. The van der Waals surface area contributed by atoms with Gasteiger partial charge in [0.15, 0.2) is 0 Å². The van der Waals surface area contributed by atoms with Crippen LogP contribution in [0, 0.1) is 11.3 Å². The Labute approximate surface area is 82.5 Å². The fraction of sp³-hybridized carbons (Fsp3) is 1.00. The van der Waals surface area contributed by atoms with Crippen LogP contribution in [0.5, 0.6) is 0 Å². The minimum atomic E-state index is 0.471. The minimum Gasteiger partial charge on any atom is -0.294 e. The van der Waals surface area contributed by atoms with Gasteiger partial charge in [-0.15, -0.1) is 0 Å². The Bertz CT molecular complexity index is 214. The van der Waals surface area contributed by atoms with E-state index >= 15 is 0 Å². The Hall–Kier alpha value is -0.0400. The lowest BCUT2D eigenvalue weighted by atomic mass is 9.82. The Morgan fingerprint density at radius 3 is 2.23 bits per heavy atom. The first-order chi connectivity index (χ1) is 5.89. The first-order valence-electron chi connectivity index (χ1n) is 5.66. The van der Waals surface area contributed by atoms with Gasteiger partial charge in [-0.1, -0.05) is 20.8 Å². The molecule has 13 heavy (non-hydrogen) atoms. The van der Waals surface area contributed by atoms with Crippen molar-refractivity contribution in [1.29, 1.82) is 0 Å². The summed E-state index contributed by atoms with van der Waals surface area (Å²) in [6, 6.07) is 0.728. The molecule has 0 aromatic carbocycles. The van der Waals surface area contributed by atoms with Crippen LogP contribution >= 0.6 is 0 Å². The normalized spacial score (nSPS) is 39.7. The number of hydrogen-bond donors (Lipinski definition) is 0. The van der Waals surface area contributed by atoms with Crippen LogP contribution in [-0.4, -0.2) is 23.0 Å². The molecule has 0 aromatic rings. The molecule has 1 saturated carbocycles. The molecule has 2 aliphatic rings. The van der Waals surface area contributed by atoms with Gasteiger partial charge in [-0.25, -0.2) is 0 Å². The van der Waals surface area contributed by atoms with Crippen molar-refractivity contribution in [3.63, 3.8) is 0 Å². The standard InChI is InChI=1S/C12H23N/c1-9(2)13-7-6-10-8-12(10,13)11(3,4)5/h9-10H,6-8H2,1-5H3. The third-order valence-corrected chi connectivity index (χ3v) is 4.23. The highest BCUT2D eigenvalue weighted by molar-refractivity contribution is 5.21. The molecule has 76 valence electrons. The average Bonchev–Trinajstić information content (AvgIpc) is 2.57.